The second kappa shape index (κ2) is 16.8. The van der Waals surface area contributed by atoms with E-state index in [0.717, 1.165) is 48.2 Å². The molecule has 0 bridgehead atoms. The van der Waals surface area contributed by atoms with Gasteiger partial charge in [0, 0.05) is 10.7 Å². The number of hydrogen-bond donors (Lipinski definition) is 0. The van der Waals surface area contributed by atoms with E-state index in [1.54, 1.807) is 0 Å². The van der Waals surface area contributed by atoms with Crippen molar-refractivity contribution >= 4 is 42.6 Å². The summed E-state index contributed by atoms with van der Waals surface area (Å²) in [5.41, 5.74) is 2.47. The van der Waals surface area contributed by atoms with E-state index in [4.69, 9.17) is 9.47 Å². The largest absolute Gasteiger partial charge is 0.493 e. The second-order valence-electron chi connectivity index (χ2n) is 8.79. The SMILES string of the molecule is Cc1c(OCCCCCCCCBr)ccc2c(C)c(OCCCCCCCCBr)ccc12. The smallest absolute Gasteiger partial charge is 0.122 e. The van der Waals surface area contributed by atoms with Crippen LogP contribution >= 0.6 is 31.9 Å². The van der Waals surface area contributed by atoms with Crippen LogP contribution in [-0.4, -0.2) is 23.9 Å². The summed E-state index contributed by atoms with van der Waals surface area (Å²) in [5, 5.41) is 4.80. The average Bonchev–Trinajstić information content (AvgIpc) is 2.80. The zero-order chi connectivity index (χ0) is 23.0. The summed E-state index contributed by atoms with van der Waals surface area (Å²) in [6.07, 6.45) is 15.3. The second-order valence-corrected chi connectivity index (χ2v) is 10.4. The fourth-order valence-electron chi connectivity index (χ4n) is 4.15. The number of benzene rings is 2. The van der Waals surface area contributed by atoms with Crippen LogP contribution in [0.5, 0.6) is 11.5 Å². The molecular formula is C28H42Br2O2. The first-order valence-corrected chi connectivity index (χ1v) is 14.8. The van der Waals surface area contributed by atoms with Gasteiger partial charge in [-0.1, -0.05) is 95.4 Å². The predicted molar refractivity (Wildman–Crippen MR) is 147 cm³/mol. The molecule has 2 nitrogen and oxygen atoms in total. The topological polar surface area (TPSA) is 18.5 Å². The van der Waals surface area contributed by atoms with Crippen LogP contribution in [0.25, 0.3) is 10.8 Å². The molecule has 0 spiro atoms. The number of alkyl halides is 2. The van der Waals surface area contributed by atoms with E-state index < -0.39 is 0 Å². The summed E-state index contributed by atoms with van der Waals surface area (Å²) in [7, 11) is 0. The lowest BCUT2D eigenvalue weighted by Gasteiger charge is -2.15. The first-order valence-electron chi connectivity index (χ1n) is 12.6. The maximum Gasteiger partial charge on any atom is 0.122 e. The van der Waals surface area contributed by atoms with E-state index in [1.807, 2.05) is 0 Å². The highest BCUT2D eigenvalue weighted by Crippen LogP contribution is 2.33. The number of hydrogen-bond acceptors (Lipinski definition) is 2. The van der Waals surface area contributed by atoms with Gasteiger partial charge in [0.2, 0.25) is 0 Å². The predicted octanol–water partition coefficient (Wildman–Crippen LogP) is 9.69. The van der Waals surface area contributed by atoms with Crippen LogP contribution in [0.4, 0.5) is 0 Å². The molecule has 0 aromatic heterocycles. The van der Waals surface area contributed by atoms with Crippen LogP contribution in [0, 0.1) is 13.8 Å². The van der Waals surface area contributed by atoms with Crippen LogP contribution < -0.4 is 9.47 Å². The molecule has 0 saturated carbocycles. The van der Waals surface area contributed by atoms with Crippen LogP contribution in [0.15, 0.2) is 24.3 Å². The van der Waals surface area contributed by atoms with Gasteiger partial charge in [-0.25, -0.2) is 0 Å². The molecule has 0 unspecified atom stereocenters. The Balaban J connectivity index is 1.79. The number of aryl methyl sites for hydroxylation is 2. The molecule has 0 aliphatic rings. The van der Waals surface area contributed by atoms with Crippen molar-refractivity contribution in [1.29, 1.82) is 0 Å². The molecule has 180 valence electrons. The number of ether oxygens (including phenoxy) is 2. The van der Waals surface area contributed by atoms with Crippen molar-refractivity contribution in [2.45, 2.75) is 90.9 Å². The quantitative estimate of drug-likeness (QED) is 0.131. The third kappa shape index (κ3) is 9.63. The fraction of sp³-hybridized carbons (Fsp3) is 0.643. The standard InChI is InChI=1S/C28H42Br2O2/c1-23-25-15-18-28(32-22-14-10-6-4-8-12-20-30)24(2)26(25)16-17-27(23)31-21-13-9-5-3-7-11-19-29/h15-18H,3-14,19-22H2,1-2H3. The molecule has 0 amide bonds. The molecule has 2 aromatic carbocycles. The lowest BCUT2D eigenvalue weighted by molar-refractivity contribution is 0.302. The molecule has 0 N–H and O–H groups in total. The minimum Gasteiger partial charge on any atom is -0.493 e. The van der Waals surface area contributed by atoms with Crippen LogP contribution in [0.3, 0.4) is 0 Å². The molecule has 0 fully saturated rings. The molecule has 0 heterocycles. The molecule has 0 atom stereocenters. The summed E-state index contributed by atoms with van der Waals surface area (Å²) in [4.78, 5) is 0. The van der Waals surface area contributed by atoms with Crippen molar-refractivity contribution in [3.05, 3.63) is 35.4 Å². The van der Waals surface area contributed by atoms with Crippen molar-refractivity contribution in [3.63, 3.8) is 0 Å². The summed E-state index contributed by atoms with van der Waals surface area (Å²) in [6, 6.07) is 8.67. The highest BCUT2D eigenvalue weighted by molar-refractivity contribution is 9.09. The lowest BCUT2D eigenvalue weighted by atomic mass is 10.00. The molecule has 0 radical (unpaired) electrons. The Labute approximate surface area is 213 Å². The van der Waals surface area contributed by atoms with Crippen molar-refractivity contribution in [1.82, 2.24) is 0 Å². The number of rotatable bonds is 18. The van der Waals surface area contributed by atoms with Crippen molar-refractivity contribution in [3.8, 4) is 11.5 Å². The maximum absolute atomic E-state index is 6.13. The van der Waals surface area contributed by atoms with Gasteiger partial charge in [0.1, 0.15) is 11.5 Å². The van der Waals surface area contributed by atoms with Gasteiger partial charge in [0.05, 0.1) is 13.2 Å². The Kier molecular flexibility index (Phi) is 14.4. The summed E-state index contributed by atoms with van der Waals surface area (Å²) >= 11 is 7.00. The van der Waals surface area contributed by atoms with Gasteiger partial charge in [0.25, 0.3) is 0 Å². The minimum atomic E-state index is 0.807. The molecular weight excluding hydrogens is 528 g/mol. The molecule has 2 rings (SSSR count). The van der Waals surface area contributed by atoms with Crippen LogP contribution in [-0.2, 0) is 0 Å². The third-order valence-electron chi connectivity index (χ3n) is 6.21. The highest BCUT2D eigenvalue weighted by Gasteiger charge is 2.10. The zero-order valence-electron chi connectivity index (χ0n) is 20.2. The first-order chi connectivity index (χ1) is 15.7. The normalized spacial score (nSPS) is 11.2. The van der Waals surface area contributed by atoms with E-state index in [2.05, 4.69) is 70.0 Å². The van der Waals surface area contributed by atoms with Crippen molar-refractivity contribution in [2.75, 3.05) is 23.9 Å². The Bertz CT molecular complexity index is 710. The number of unbranched alkanes of at least 4 members (excludes halogenated alkanes) is 10. The highest BCUT2D eigenvalue weighted by atomic mass is 79.9. The van der Waals surface area contributed by atoms with Crippen molar-refractivity contribution in [2.24, 2.45) is 0 Å². The Morgan fingerprint density at radius 2 is 0.844 bits per heavy atom. The van der Waals surface area contributed by atoms with E-state index in [1.165, 1.54) is 86.1 Å². The third-order valence-corrected chi connectivity index (χ3v) is 7.33. The summed E-state index contributed by atoms with van der Waals surface area (Å²) in [6.45, 7) is 5.96. The van der Waals surface area contributed by atoms with Gasteiger partial charge in [-0.15, -0.1) is 0 Å². The lowest BCUT2D eigenvalue weighted by Crippen LogP contribution is -2.01. The van der Waals surface area contributed by atoms with E-state index in [9.17, 15) is 0 Å². The molecule has 0 saturated heterocycles. The van der Waals surface area contributed by atoms with Gasteiger partial charge in [-0.05, 0) is 73.6 Å². The molecule has 2 aromatic rings. The van der Waals surface area contributed by atoms with Gasteiger partial charge in [-0.3, -0.25) is 0 Å². The van der Waals surface area contributed by atoms with E-state index >= 15 is 0 Å². The van der Waals surface area contributed by atoms with E-state index in [-0.39, 0.29) is 0 Å². The Morgan fingerprint density at radius 3 is 1.22 bits per heavy atom. The monoisotopic (exact) mass is 568 g/mol. The summed E-state index contributed by atoms with van der Waals surface area (Å²) < 4.78 is 12.3. The number of fused-ring (bicyclic) bond motifs is 1. The van der Waals surface area contributed by atoms with Gasteiger partial charge < -0.3 is 9.47 Å². The van der Waals surface area contributed by atoms with Gasteiger partial charge >= 0.3 is 0 Å². The molecule has 0 aliphatic heterocycles. The van der Waals surface area contributed by atoms with Gasteiger partial charge in [0.15, 0.2) is 0 Å². The fourth-order valence-corrected chi connectivity index (χ4v) is 4.94. The number of halogens is 2. The first kappa shape index (κ1) is 27.5. The maximum atomic E-state index is 6.13. The van der Waals surface area contributed by atoms with Crippen molar-refractivity contribution < 1.29 is 9.47 Å². The summed E-state index contributed by atoms with van der Waals surface area (Å²) in [5.74, 6) is 2.04. The van der Waals surface area contributed by atoms with Gasteiger partial charge in [-0.2, -0.15) is 0 Å². The molecule has 4 heteroatoms. The molecule has 32 heavy (non-hydrogen) atoms. The van der Waals surface area contributed by atoms with E-state index in [0.29, 0.717) is 0 Å². The molecule has 0 aliphatic carbocycles. The Morgan fingerprint density at radius 1 is 0.500 bits per heavy atom. The Hall–Kier alpha value is -0.740. The average molecular weight is 570 g/mol. The zero-order valence-corrected chi connectivity index (χ0v) is 23.4. The van der Waals surface area contributed by atoms with Crippen LogP contribution in [0.1, 0.15) is 88.2 Å². The van der Waals surface area contributed by atoms with Crippen LogP contribution in [0.2, 0.25) is 0 Å². The minimum absolute atomic E-state index is 0.807.